The van der Waals surface area contributed by atoms with Crippen LogP contribution in [0.5, 0.6) is 11.5 Å². The van der Waals surface area contributed by atoms with E-state index >= 15 is 0 Å². The zero-order valence-corrected chi connectivity index (χ0v) is 22.4. The van der Waals surface area contributed by atoms with Gasteiger partial charge < -0.3 is 18.7 Å². The third-order valence-electron chi connectivity index (χ3n) is 7.01. The summed E-state index contributed by atoms with van der Waals surface area (Å²) in [6.07, 6.45) is 3.65. The molecule has 2 heterocycles. The number of methoxy groups -OCH3 is 2. The zero-order valence-electron chi connectivity index (χ0n) is 22.4. The van der Waals surface area contributed by atoms with Crippen LogP contribution in [0.2, 0.25) is 0 Å². The summed E-state index contributed by atoms with van der Waals surface area (Å²) in [5.41, 5.74) is 7.08. The number of carbonyl (C=O) groups excluding carboxylic acids is 1. The molecule has 0 fully saturated rings. The maximum absolute atomic E-state index is 13.5. The second kappa shape index (κ2) is 10.6. The molecule has 6 rings (SSSR count). The van der Waals surface area contributed by atoms with E-state index in [-0.39, 0.29) is 12.5 Å². The van der Waals surface area contributed by atoms with E-state index in [0.29, 0.717) is 34.9 Å². The molecule has 0 unspecified atom stereocenters. The van der Waals surface area contributed by atoms with Crippen molar-refractivity contribution in [2.45, 2.75) is 26.4 Å². The van der Waals surface area contributed by atoms with Crippen LogP contribution in [0.3, 0.4) is 0 Å². The fourth-order valence-corrected chi connectivity index (χ4v) is 4.98. The molecule has 0 saturated heterocycles. The molecule has 0 saturated carbocycles. The number of hydrogen-bond acceptors (Lipinski definition) is 8. The van der Waals surface area contributed by atoms with Gasteiger partial charge in [-0.1, -0.05) is 53.2 Å². The standard InChI is InChI=1S/C32H27N3O5/c1-19-8-10-20(11-9-19)16-21-12-14-25-29(23-6-4-5-7-26(23)33-30(21)25)32(36)39-18-28-34-31(35-40-28)24-15-13-22(37-2)17-27(24)38-3/h4-11,13,15-17H,12,14,18H2,1-3H3/b21-16+. The second-order valence-corrected chi connectivity index (χ2v) is 9.57. The maximum atomic E-state index is 13.5. The van der Waals surface area contributed by atoms with Crippen LogP contribution in [0.25, 0.3) is 33.9 Å². The number of rotatable bonds is 7. The number of nitrogens with zero attached hydrogens (tertiary/aromatic N) is 3. The van der Waals surface area contributed by atoms with E-state index in [4.69, 9.17) is 23.7 Å². The summed E-state index contributed by atoms with van der Waals surface area (Å²) in [5, 5.41) is 4.81. The highest BCUT2D eigenvalue weighted by atomic mass is 16.6. The summed E-state index contributed by atoms with van der Waals surface area (Å²) in [4.78, 5) is 22.9. The van der Waals surface area contributed by atoms with E-state index in [2.05, 4.69) is 47.4 Å². The Morgan fingerprint density at radius 1 is 0.975 bits per heavy atom. The molecule has 0 amide bonds. The minimum absolute atomic E-state index is 0.165. The lowest BCUT2D eigenvalue weighted by Crippen LogP contribution is -2.10. The maximum Gasteiger partial charge on any atom is 0.339 e. The average Bonchev–Trinajstić information content (AvgIpc) is 3.62. The van der Waals surface area contributed by atoms with E-state index < -0.39 is 5.97 Å². The number of pyridine rings is 1. The van der Waals surface area contributed by atoms with Crippen molar-refractivity contribution in [1.29, 1.82) is 0 Å². The Morgan fingerprint density at radius 2 is 1.80 bits per heavy atom. The molecule has 0 spiro atoms. The number of esters is 1. The fourth-order valence-electron chi connectivity index (χ4n) is 4.98. The van der Waals surface area contributed by atoms with Gasteiger partial charge >= 0.3 is 5.97 Å². The first-order chi connectivity index (χ1) is 19.5. The van der Waals surface area contributed by atoms with Gasteiger partial charge in [-0.05, 0) is 60.7 Å². The normalized spacial score (nSPS) is 13.4. The van der Waals surface area contributed by atoms with Crippen LogP contribution in [0.1, 0.15) is 45.1 Å². The Kier molecular flexibility index (Phi) is 6.74. The SMILES string of the molecule is COc1ccc(-c2noc(COC(=O)c3c4c(nc5ccccc35)/C(=C/c3ccc(C)cc3)CC4)n2)c(OC)c1. The molecule has 2 aromatic heterocycles. The summed E-state index contributed by atoms with van der Waals surface area (Å²) in [5.74, 6) is 1.24. The van der Waals surface area contributed by atoms with Gasteiger partial charge in [-0.25, -0.2) is 9.78 Å². The van der Waals surface area contributed by atoms with Crippen LogP contribution in [0.4, 0.5) is 0 Å². The molecule has 0 radical (unpaired) electrons. The molecular formula is C32H27N3O5. The number of benzene rings is 3. The summed E-state index contributed by atoms with van der Waals surface area (Å²) >= 11 is 0. The predicted molar refractivity (Wildman–Crippen MR) is 151 cm³/mol. The van der Waals surface area contributed by atoms with E-state index in [9.17, 15) is 4.79 Å². The molecule has 1 aliphatic rings. The molecule has 8 heteroatoms. The van der Waals surface area contributed by atoms with Gasteiger partial charge in [0.25, 0.3) is 5.89 Å². The minimum atomic E-state index is -0.451. The smallest absolute Gasteiger partial charge is 0.339 e. The summed E-state index contributed by atoms with van der Waals surface area (Å²) in [6, 6.07) is 21.3. The molecule has 200 valence electrons. The van der Waals surface area contributed by atoms with Crippen LogP contribution in [-0.2, 0) is 17.8 Å². The number of hydrogen-bond donors (Lipinski definition) is 0. The Morgan fingerprint density at radius 3 is 2.60 bits per heavy atom. The molecule has 0 bridgehead atoms. The molecule has 8 nitrogen and oxygen atoms in total. The van der Waals surface area contributed by atoms with E-state index in [0.717, 1.165) is 39.7 Å². The van der Waals surface area contributed by atoms with Gasteiger partial charge in [0.2, 0.25) is 5.82 Å². The number of allylic oxidation sites excluding steroid dienone is 1. The van der Waals surface area contributed by atoms with Crippen LogP contribution in [0, 0.1) is 6.92 Å². The van der Waals surface area contributed by atoms with E-state index in [1.54, 1.807) is 32.4 Å². The highest BCUT2D eigenvalue weighted by Gasteiger charge is 2.28. The Bertz CT molecular complexity index is 1760. The van der Waals surface area contributed by atoms with E-state index in [1.165, 1.54) is 5.56 Å². The quantitative estimate of drug-likeness (QED) is 0.220. The van der Waals surface area contributed by atoms with Crippen molar-refractivity contribution in [3.05, 3.63) is 101 Å². The number of para-hydroxylation sites is 1. The van der Waals surface area contributed by atoms with Crippen molar-refractivity contribution in [3.8, 4) is 22.9 Å². The summed E-state index contributed by atoms with van der Waals surface area (Å²) < 4.78 is 21.8. The van der Waals surface area contributed by atoms with Crippen molar-refractivity contribution in [2.24, 2.45) is 0 Å². The van der Waals surface area contributed by atoms with Crippen molar-refractivity contribution in [3.63, 3.8) is 0 Å². The molecular weight excluding hydrogens is 506 g/mol. The Balaban J connectivity index is 1.28. The van der Waals surface area contributed by atoms with Gasteiger partial charge in [-0.15, -0.1) is 0 Å². The van der Waals surface area contributed by atoms with Gasteiger partial charge in [-0.2, -0.15) is 4.98 Å². The number of ether oxygens (including phenoxy) is 3. The predicted octanol–water partition coefficient (Wildman–Crippen LogP) is 6.45. The third kappa shape index (κ3) is 4.80. The number of aromatic nitrogens is 3. The molecule has 0 N–H and O–H groups in total. The van der Waals surface area contributed by atoms with Crippen molar-refractivity contribution < 1.29 is 23.5 Å². The molecule has 5 aromatic rings. The minimum Gasteiger partial charge on any atom is -0.497 e. The van der Waals surface area contributed by atoms with Gasteiger partial charge in [0.05, 0.1) is 36.6 Å². The Hall–Kier alpha value is -4.98. The highest BCUT2D eigenvalue weighted by molar-refractivity contribution is 6.07. The molecule has 1 aliphatic carbocycles. The lowest BCUT2D eigenvalue weighted by molar-refractivity contribution is 0.0431. The monoisotopic (exact) mass is 533 g/mol. The molecule has 0 atom stereocenters. The second-order valence-electron chi connectivity index (χ2n) is 9.57. The van der Waals surface area contributed by atoms with Gasteiger partial charge in [0.15, 0.2) is 6.61 Å². The van der Waals surface area contributed by atoms with Crippen molar-refractivity contribution in [2.75, 3.05) is 14.2 Å². The first-order valence-corrected chi connectivity index (χ1v) is 13.0. The third-order valence-corrected chi connectivity index (χ3v) is 7.01. The van der Waals surface area contributed by atoms with Gasteiger partial charge in [-0.3, -0.25) is 0 Å². The fraction of sp³-hybridized carbons (Fsp3) is 0.188. The molecule has 3 aromatic carbocycles. The topological polar surface area (TPSA) is 96.6 Å². The van der Waals surface area contributed by atoms with Crippen LogP contribution < -0.4 is 9.47 Å². The van der Waals surface area contributed by atoms with Crippen molar-refractivity contribution >= 4 is 28.5 Å². The lowest BCUT2D eigenvalue weighted by Gasteiger charge is -2.11. The summed E-state index contributed by atoms with van der Waals surface area (Å²) in [6.45, 7) is 1.90. The zero-order chi connectivity index (χ0) is 27.6. The number of aryl methyl sites for hydroxylation is 1. The Labute approximate surface area is 231 Å². The number of fused-ring (bicyclic) bond motifs is 2. The van der Waals surface area contributed by atoms with E-state index in [1.807, 2.05) is 24.3 Å². The first kappa shape index (κ1) is 25.3. The van der Waals surface area contributed by atoms with Crippen LogP contribution in [0.15, 0.2) is 71.3 Å². The highest BCUT2D eigenvalue weighted by Crippen LogP contribution is 2.38. The summed E-state index contributed by atoms with van der Waals surface area (Å²) in [7, 11) is 3.14. The molecule has 0 aliphatic heterocycles. The van der Waals surface area contributed by atoms with Crippen molar-refractivity contribution in [1.82, 2.24) is 15.1 Å². The largest absolute Gasteiger partial charge is 0.497 e. The van der Waals surface area contributed by atoms with Gasteiger partial charge in [0.1, 0.15) is 11.5 Å². The van der Waals surface area contributed by atoms with Crippen LogP contribution >= 0.6 is 0 Å². The van der Waals surface area contributed by atoms with Gasteiger partial charge in [0, 0.05) is 11.5 Å². The molecule has 40 heavy (non-hydrogen) atoms. The number of carbonyl (C=O) groups is 1. The van der Waals surface area contributed by atoms with Crippen LogP contribution in [-0.4, -0.2) is 35.3 Å². The average molecular weight is 534 g/mol. The lowest BCUT2D eigenvalue weighted by atomic mass is 10.0. The first-order valence-electron chi connectivity index (χ1n) is 13.0.